The number of nitrogens with zero attached hydrogens (tertiary/aromatic N) is 3. The number of hydrogen-bond donors (Lipinski definition) is 1. The maximum Gasteiger partial charge on any atom is 0.396 e. The van der Waals surface area contributed by atoms with Crippen LogP contribution in [0.2, 0.25) is 0 Å². The van der Waals surface area contributed by atoms with Gasteiger partial charge in [-0.15, -0.1) is 0 Å². The number of halogens is 4. The van der Waals surface area contributed by atoms with E-state index in [-0.39, 0.29) is 29.1 Å². The molecule has 7 nitrogen and oxygen atoms in total. The van der Waals surface area contributed by atoms with E-state index >= 15 is 0 Å². The molecule has 0 aromatic carbocycles. The van der Waals surface area contributed by atoms with Gasteiger partial charge < -0.3 is 19.4 Å². The highest BCUT2D eigenvalue weighted by Gasteiger charge is 2.47. The summed E-state index contributed by atoms with van der Waals surface area (Å²) in [5.74, 6) is -1.08. The van der Waals surface area contributed by atoms with Crippen molar-refractivity contribution in [3.05, 3.63) is 29.5 Å². The van der Waals surface area contributed by atoms with E-state index in [0.29, 0.717) is 24.9 Å². The van der Waals surface area contributed by atoms with Gasteiger partial charge in [0.1, 0.15) is 18.3 Å². The number of anilines is 2. The minimum absolute atomic E-state index is 0.0171. The van der Waals surface area contributed by atoms with Crippen molar-refractivity contribution in [2.45, 2.75) is 64.7 Å². The number of ether oxygens (including phenoxy) is 1. The molecule has 2 aromatic rings. The Morgan fingerprint density at radius 1 is 1.23 bits per heavy atom. The molecular formula is C24H28F4N4O3. The van der Waals surface area contributed by atoms with Gasteiger partial charge in [-0.25, -0.2) is 9.37 Å². The summed E-state index contributed by atoms with van der Waals surface area (Å²) in [5, 5.41) is 2.38. The summed E-state index contributed by atoms with van der Waals surface area (Å²) in [5.41, 5.74) is -0.433. The number of alkyl halides is 3. The van der Waals surface area contributed by atoms with Gasteiger partial charge in [-0.05, 0) is 43.9 Å². The van der Waals surface area contributed by atoms with Crippen LogP contribution >= 0.6 is 0 Å². The van der Waals surface area contributed by atoms with Crippen LogP contribution in [0.1, 0.15) is 62.2 Å². The van der Waals surface area contributed by atoms with Crippen molar-refractivity contribution in [2.75, 3.05) is 23.3 Å². The van der Waals surface area contributed by atoms with Crippen molar-refractivity contribution in [3.63, 3.8) is 0 Å². The zero-order valence-corrected chi connectivity index (χ0v) is 19.6. The Bertz CT molecular complexity index is 1100. The lowest BCUT2D eigenvalue weighted by molar-refractivity contribution is -0.130. The van der Waals surface area contributed by atoms with E-state index in [1.54, 1.807) is 4.90 Å². The lowest BCUT2D eigenvalue weighted by Crippen LogP contribution is -2.56. The van der Waals surface area contributed by atoms with E-state index in [2.05, 4.69) is 29.1 Å². The molecule has 11 heteroatoms. The van der Waals surface area contributed by atoms with Gasteiger partial charge in [0.05, 0.1) is 11.9 Å². The van der Waals surface area contributed by atoms with Crippen molar-refractivity contribution in [3.8, 4) is 5.88 Å². The number of oxazole rings is 1. The van der Waals surface area contributed by atoms with Crippen LogP contribution in [0, 0.1) is 23.1 Å². The second-order valence-corrected chi connectivity index (χ2v) is 10.1. The second-order valence-electron chi connectivity index (χ2n) is 10.1. The largest absolute Gasteiger partial charge is 0.472 e. The first-order valence-corrected chi connectivity index (χ1v) is 12.0. The molecule has 0 radical (unpaired) electrons. The molecule has 190 valence electrons. The summed E-state index contributed by atoms with van der Waals surface area (Å²) in [7, 11) is 0. The molecule has 2 atom stereocenters. The summed E-state index contributed by atoms with van der Waals surface area (Å²) in [4.78, 5) is 22.6. The monoisotopic (exact) mass is 496 g/mol. The van der Waals surface area contributed by atoms with Gasteiger partial charge in [0.2, 0.25) is 0 Å². The molecule has 1 amide bonds. The van der Waals surface area contributed by atoms with Crippen molar-refractivity contribution in [2.24, 2.45) is 17.3 Å². The molecule has 5 rings (SSSR count). The smallest absolute Gasteiger partial charge is 0.396 e. The van der Waals surface area contributed by atoms with Crippen molar-refractivity contribution < 1.29 is 31.5 Å². The highest BCUT2D eigenvalue weighted by atomic mass is 19.4. The third-order valence-corrected chi connectivity index (χ3v) is 7.63. The van der Waals surface area contributed by atoms with Gasteiger partial charge in [0.25, 0.3) is 17.8 Å². The summed E-state index contributed by atoms with van der Waals surface area (Å²) in [6.07, 6.45) is -0.0747. The fraction of sp³-hybridized carbons (Fsp3) is 0.625. The normalized spacial score (nSPS) is 24.6. The topological polar surface area (TPSA) is 80.5 Å². The number of amides is 1. The van der Waals surface area contributed by atoms with Gasteiger partial charge in [-0.3, -0.25) is 4.79 Å². The van der Waals surface area contributed by atoms with Crippen molar-refractivity contribution in [1.82, 2.24) is 9.97 Å². The molecule has 2 unspecified atom stereocenters. The SMILES string of the molecule is CCC1(CC)CN(c2nc(C(=O)Nc3cnc(OC4CC5CC5C4)c(F)c3)c(CC(F)(F)F)o2)C1. The number of rotatable bonds is 8. The maximum atomic E-state index is 14.5. The van der Waals surface area contributed by atoms with Crippen LogP contribution < -0.4 is 15.0 Å². The Morgan fingerprint density at radius 2 is 1.91 bits per heavy atom. The number of nitrogens with one attached hydrogen (secondary N) is 1. The zero-order chi connectivity index (χ0) is 25.0. The molecule has 0 spiro atoms. The molecule has 35 heavy (non-hydrogen) atoms. The second kappa shape index (κ2) is 8.67. The maximum absolute atomic E-state index is 14.5. The van der Waals surface area contributed by atoms with Crippen LogP contribution in [-0.2, 0) is 6.42 Å². The van der Waals surface area contributed by atoms with Crippen LogP contribution in [0.4, 0.5) is 29.3 Å². The Hall–Kier alpha value is -2.85. The quantitative estimate of drug-likeness (QED) is 0.495. The van der Waals surface area contributed by atoms with E-state index < -0.39 is 35.8 Å². The first-order valence-electron chi connectivity index (χ1n) is 12.0. The van der Waals surface area contributed by atoms with Crippen LogP contribution in [0.3, 0.4) is 0 Å². The standard InChI is InChI=1S/C24H28F4N4O3/c1-3-23(4-2)11-32(12-23)22-31-19(18(35-22)9-24(26,27)28)20(33)30-15-8-17(25)21(29-10-15)34-16-6-13-5-14(13)7-16/h8,10,13-14,16H,3-7,9,11-12H2,1-2H3,(H,30,33). The molecule has 1 saturated heterocycles. The minimum Gasteiger partial charge on any atom is -0.472 e. The molecule has 3 aliphatic rings. The molecular weight excluding hydrogens is 468 g/mol. The zero-order valence-electron chi connectivity index (χ0n) is 19.6. The number of hydrogen-bond acceptors (Lipinski definition) is 6. The Morgan fingerprint density at radius 3 is 2.51 bits per heavy atom. The molecule has 0 bridgehead atoms. The van der Waals surface area contributed by atoms with Crippen LogP contribution in [-0.4, -0.2) is 41.2 Å². The highest BCUT2D eigenvalue weighted by Crippen LogP contribution is 2.52. The van der Waals surface area contributed by atoms with E-state index in [1.807, 2.05) is 0 Å². The van der Waals surface area contributed by atoms with Gasteiger partial charge in [-0.1, -0.05) is 13.8 Å². The van der Waals surface area contributed by atoms with Crippen LogP contribution in [0.5, 0.6) is 5.88 Å². The molecule has 1 aliphatic heterocycles. The molecule has 3 heterocycles. The van der Waals surface area contributed by atoms with Gasteiger partial charge in [0, 0.05) is 24.6 Å². The lowest BCUT2D eigenvalue weighted by Gasteiger charge is -2.49. The van der Waals surface area contributed by atoms with E-state index in [4.69, 9.17) is 9.15 Å². The molecule has 2 saturated carbocycles. The summed E-state index contributed by atoms with van der Waals surface area (Å²) in [6.45, 7) is 5.30. The summed E-state index contributed by atoms with van der Waals surface area (Å²) in [6, 6.07) is 1.02. The third-order valence-electron chi connectivity index (χ3n) is 7.63. The number of carbonyl (C=O) groups is 1. The van der Waals surface area contributed by atoms with Gasteiger partial charge >= 0.3 is 6.18 Å². The van der Waals surface area contributed by atoms with E-state index in [0.717, 1.165) is 31.7 Å². The molecule has 2 aliphatic carbocycles. The minimum atomic E-state index is -4.59. The molecule has 2 aromatic heterocycles. The average Bonchev–Trinajstić information content (AvgIpc) is 3.17. The number of aromatic nitrogens is 2. The highest BCUT2D eigenvalue weighted by molar-refractivity contribution is 6.03. The average molecular weight is 497 g/mol. The Labute approximate surface area is 200 Å². The van der Waals surface area contributed by atoms with E-state index in [1.165, 1.54) is 12.6 Å². The Balaban J connectivity index is 1.29. The number of fused-ring (bicyclic) bond motifs is 1. The van der Waals surface area contributed by atoms with Crippen LogP contribution in [0.25, 0.3) is 0 Å². The lowest BCUT2D eigenvalue weighted by atomic mass is 9.75. The van der Waals surface area contributed by atoms with Crippen LogP contribution in [0.15, 0.2) is 16.7 Å². The molecule has 1 N–H and O–H groups in total. The summed E-state index contributed by atoms with van der Waals surface area (Å²) >= 11 is 0. The molecule has 3 fully saturated rings. The van der Waals surface area contributed by atoms with Gasteiger partial charge in [0.15, 0.2) is 11.5 Å². The Kier molecular flexibility index (Phi) is 5.91. The third kappa shape index (κ3) is 4.95. The predicted molar refractivity (Wildman–Crippen MR) is 119 cm³/mol. The van der Waals surface area contributed by atoms with E-state index in [9.17, 15) is 22.4 Å². The first-order chi connectivity index (χ1) is 16.6. The first kappa shape index (κ1) is 23.9. The van der Waals surface area contributed by atoms with Crippen molar-refractivity contribution in [1.29, 1.82) is 0 Å². The fourth-order valence-electron chi connectivity index (χ4n) is 5.23. The number of pyridine rings is 1. The number of carbonyl (C=O) groups excluding carboxylic acids is 1. The van der Waals surface area contributed by atoms with Crippen molar-refractivity contribution >= 4 is 17.6 Å². The summed E-state index contributed by atoms with van der Waals surface area (Å²) < 4.78 is 65.0. The predicted octanol–water partition coefficient (Wildman–Crippen LogP) is 5.37. The fourth-order valence-corrected chi connectivity index (χ4v) is 5.23. The van der Waals surface area contributed by atoms with Gasteiger partial charge in [-0.2, -0.15) is 18.2 Å².